The summed E-state index contributed by atoms with van der Waals surface area (Å²) >= 11 is 1.72. The summed E-state index contributed by atoms with van der Waals surface area (Å²) in [6, 6.07) is 10.7. The average molecular weight is 313 g/mol. The molecule has 3 heteroatoms. The summed E-state index contributed by atoms with van der Waals surface area (Å²) in [5.41, 5.74) is 3.44. The molecule has 1 aromatic heterocycles. The van der Waals surface area contributed by atoms with Gasteiger partial charge >= 0.3 is 0 Å². The van der Waals surface area contributed by atoms with Gasteiger partial charge in [0.05, 0.1) is 12.0 Å². The fourth-order valence-corrected chi connectivity index (χ4v) is 3.94. The van der Waals surface area contributed by atoms with Crippen molar-refractivity contribution in [3.8, 4) is 0 Å². The molecule has 1 aliphatic carbocycles. The second kappa shape index (κ2) is 5.88. The van der Waals surface area contributed by atoms with E-state index in [9.17, 15) is 4.79 Å². The minimum Gasteiger partial charge on any atom is -0.337 e. The summed E-state index contributed by atoms with van der Waals surface area (Å²) in [5.74, 6) is 0.299. The molecular weight excluding hydrogens is 290 g/mol. The van der Waals surface area contributed by atoms with E-state index in [-0.39, 0.29) is 5.41 Å². The first kappa shape index (κ1) is 15.3. The Kier molecular flexibility index (Phi) is 4.09. The largest absolute Gasteiger partial charge is 0.337 e. The molecule has 0 unspecified atom stereocenters. The van der Waals surface area contributed by atoms with E-state index in [1.54, 1.807) is 11.3 Å². The van der Waals surface area contributed by atoms with Crippen molar-refractivity contribution in [2.45, 2.75) is 45.6 Å². The molecular formula is C19H23NOS. The first-order valence-electron chi connectivity index (χ1n) is 7.96. The summed E-state index contributed by atoms with van der Waals surface area (Å²) in [6.45, 7) is 7.80. The lowest BCUT2D eigenvalue weighted by Gasteiger charge is -2.26. The monoisotopic (exact) mass is 313 g/mol. The zero-order valence-corrected chi connectivity index (χ0v) is 14.4. The third-order valence-electron chi connectivity index (χ3n) is 4.53. The van der Waals surface area contributed by atoms with Gasteiger partial charge in [-0.15, -0.1) is 11.3 Å². The minimum atomic E-state index is -0.260. The smallest absolute Gasteiger partial charge is 0.233 e. The number of amides is 1. The van der Waals surface area contributed by atoms with Crippen LogP contribution in [0.1, 0.15) is 41.3 Å². The molecule has 2 nitrogen and oxygen atoms in total. The highest BCUT2D eigenvalue weighted by molar-refractivity contribution is 7.09. The second-order valence-corrected chi connectivity index (χ2v) is 7.39. The van der Waals surface area contributed by atoms with Crippen LogP contribution in [0.25, 0.3) is 0 Å². The topological polar surface area (TPSA) is 20.3 Å². The van der Waals surface area contributed by atoms with Crippen LogP contribution in [0.5, 0.6) is 0 Å². The molecule has 1 saturated carbocycles. The molecule has 0 saturated heterocycles. The lowest BCUT2D eigenvalue weighted by molar-refractivity contribution is -0.134. The first-order chi connectivity index (χ1) is 10.5. The number of hydrogen-bond acceptors (Lipinski definition) is 2. The van der Waals surface area contributed by atoms with Gasteiger partial charge in [0.2, 0.25) is 5.91 Å². The summed E-state index contributed by atoms with van der Waals surface area (Å²) in [5, 5.41) is 2.07. The van der Waals surface area contributed by atoms with Crippen LogP contribution < -0.4 is 0 Å². The van der Waals surface area contributed by atoms with E-state index < -0.39 is 0 Å². The van der Waals surface area contributed by atoms with Crippen LogP contribution in [0, 0.1) is 13.8 Å². The van der Waals surface area contributed by atoms with Crippen LogP contribution in [0.15, 0.2) is 35.7 Å². The molecule has 1 aromatic carbocycles. The van der Waals surface area contributed by atoms with Crippen molar-refractivity contribution >= 4 is 17.2 Å². The number of likely N-dealkylation sites (N-methyl/N-ethyl adjacent to an activating group) is 1. The van der Waals surface area contributed by atoms with Crippen LogP contribution >= 0.6 is 11.3 Å². The molecule has 22 heavy (non-hydrogen) atoms. The SMILES string of the molecule is CCN(Cc1cccs1)C(=O)C1(c2cc(C)cc(C)c2)CC1. The Labute approximate surface area is 136 Å². The molecule has 1 heterocycles. The number of hydrogen-bond donors (Lipinski definition) is 0. The summed E-state index contributed by atoms with van der Waals surface area (Å²) in [7, 11) is 0. The van der Waals surface area contributed by atoms with Crippen molar-refractivity contribution in [2.24, 2.45) is 0 Å². The molecule has 0 radical (unpaired) electrons. The van der Waals surface area contributed by atoms with Gasteiger partial charge in [-0.25, -0.2) is 0 Å². The van der Waals surface area contributed by atoms with E-state index in [0.29, 0.717) is 5.91 Å². The summed E-state index contributed by atoms with van der Waals surface area (Å²) in [6.07, 6.45) is 1.96. The highest BCUT2D eigenvalue weighted by atomic mass is 32.1. The number of carbonyl (C=O) groups is 1. The van der Waals surface area contributed by atoms with Gasteiger partial charge in [-0.1, -0.05) is 35.4 Å². The highest BCUT2D eigenvalue weighted by Crippen LogP contribution is 2.50. The average Bonchev–Trinajstić information content (AvgIpc) is 3.14. The lowest BCUT2D eigenvalue weighted by atomic mass is 9.91. The summed E-state index contributed by atoms with van der Waals surface area (Å²) < 4.78 is 0. The number of thiophene rings is 1. The Bertz CT molecular complexity index is 650. The van der Waals surface area contributed by atoms with Crippen molar-refractivity contribution in [1.82, 2.24) is 4.90 Å². The van der Waals surface area contributed by atoms with Crippen LogP contribution in [-0.4, -0.2) is 17.4 Å². The molecule has 0 spiro atoms. The third kappa shape index (κ3) is 2.82. The molecule has 1 aliphatic rings. The molecule has 0 aliphatic heterocycles. The highest BCUT2D eigenvalue weighted by Gasteiger charge is 2.52. The maximum absolute atomic E-state index is 13.1. The van der Waals surface area contributed by atoms with E-state index in [1.807, 2.05) is 4.90 Å². The molecule has 1 amide bonds. The fourth-order valence-electron chi connectivity index (χ4n) is 3.22. The molecule has 2 aromatic rings. The standard InChI is InChI=1S/C19H23NOS/c1-4-20(13-17-6-5-9-22-17)18(21)19(7-8-19)16-11-14(2)10-15(3)12-16/h5-6,9-12H,4,7-8,13H2,1-3H3. The van der Waals surface area contributed by atoms with Crippen LogP contribution in [0.2, 0.25) is 0 Å². The Morgan fingerprint density at radius 2 is 1.91 bits per heavy atom. The first-order valence-corrected chi connectivity index (χ1v) is 8.83. The van der Waals surface area contributed by atoms with Gasteiger partial charge in [-0.05, 0) is 50.6 Å². The van der Waals surface area contributed by atoms with Crippen molar-refractivity contribution in [1.29, 1.82) is 0 Å². The van der Waals surface area contributed by atoms with Crippen LogP contribution in [0.3, 0.4) is 0 Å². The quantitative estimate of drug-likeness (QED) is 0.799. The number of benzene rings is 1. The van der Waals surface area contributed by atoms with Gasteiger partial charge in [-0.3, -0.25) is 4.79 Å². The molecule has 0 atom stereocenters. The maximum Gasteiger partial charge on any atom is 0.233 e. The number of rotatable bonds is 5. The van der Waals surface area contributed by atoms with E-state index in [2.05, 4.69) is 56.5 Å². The number of aryl methyl sites for hydroxylation is 2. The number of nitrogens with zero attached hydrogens (tertiary/aromatic N) is 1. The predicted octanol–water partition coefficient (Wildman–Crippen LogP) is 4.45. The zero-order chi connectivity index (χ0) is 15.7. The lowest BCUT2D eigenvalue weighted by Crippen LogP contribution is -2.38. The van der Waals surface area contributed by atoms with Gasteiger partial charge in [0.1, 0.15) is 0 Å². The van der Waals surface area contributed by atoms with Gasteiger partial charge in [-0.2, -0.15) is 0 Å². The molecule has 116 valence electrons. The maximum atomic E-state index is 13.1. The fraction of sp³-hybridized carbons (Fsp3) is 0.421. The van der Waals surface area contributed by atoms with Crippen molar-refractivity contribution in [3.63, 3.8) is 0 Å². The Morgan fingerprint density at radius 3 is 2.41 bits per heavy atom. The van der Waals surface area contributed by atoms with Crippen LogP contribution in [-0.2, 0) is 16.8 Å². The van der Waals surface area contributed by atoms with Crippen molar-refractivity contribution in [2.75, 3.05) is 6.54 Å². The molecule has 0 bridgehead atoms. The molecule has 1 fully saturated rings. The van der Waals surface area contributed by atoms with E-state index in [4.69, 9.17) is 0 Å². The van der Waals surface area contributed by atoms with Gasteiger partial charge in [0.15, 0.2) is 0 Å². The minimum absolute atomic E-state index is 0.260. The van der Waals surface area contributed by atoms with Gasteiger partial charge < -0.3 is 4.90 Å². The Balaban J connectivity index is 1.86. The third-order valence-corrected chi connectivity index (χ3v) is 5.39. The molecule has 0 N–H and O–H groups in total. The zero-order valence-electron chi connectivity index (χ0n) is 13.6. The van der Waals surface area contributed by atoms with E-state index >= 15 is 0 Å². The Morgan fingerprint density at radius 1 is 1.23 bits per heavy atom. The predicted molar refractivity (Wildman–Crippen MR) is 92.2 cm³/mol. The van der Waals surface area contributed by atoms with E-state index in [1.165, 1.54) is 21.6 Å². The normalized spacial score (nSPS) is 15.6. The van der Waals surface area contributed by atoms with Crippen LogP contribution in [0.4, 0.5) is 0 Å². The summed E-state index contributed by atoms with van der Waals surface area (Å²) in [4.78, 5) is 16.4. The van der Waals surface area contributed by atoms with Gasteiger partial charge in [0, 0.05) is 11.4 Å². The number of carbonyl (C=O) groups excluding carboxylic acids is 1. The van der Waals surface area contributed by atoms with Crippen molar-refractivity contribution < 1.29 is 4.79 Å². The van der Waals surface area contributed by atoms with Gasteiger partial charge in [0.25, 0.3) is 0 Å². The van der Waals surface area contributed by atoms with E-state index in [0.717, 1.165) is 25.9 Å². The Hall–Kier alpha value is -1.61. The molecule has 3 rings (SSSR count). The second-order valence-electron chi connectivity index (χ2n) is 6.36. The van der Waals surface area contributed by atoms with Crippen molar-refractivity contribution in [3.05, 3.63) is 57.3 Å².